The molecular weight excluding hydrogens is 644 g/mol. The van der Waals surface area contributed by atoms with Crippen molar-refractivity contribution in [3.63, 3.8) is 0 Å². The maximum absolute atomic E-state index is 16.1. The van der Waals surface area contributed by atoms with Crippen molar-refractivity contribution in [2.24, 2.45) is 0 Å². The van der Waals surface area contributed by atoms with Crippen LogP contribution < -0.4 is 25.7 Å². The number of rotatable bonds is 10. The van der Waals surface area contributed by atoms with Crippen LogP contribution in [-0.4, -0.2) is 26.2 Å². The monoisotopic (exact) mass is 686 g/mol. The van der Waals surface area contributed by atoms with Crippen molar-refractivity contribution in [1.82, 2.24) is 0 Å². The number of anilines is 2. The molecule has 3 heterocycles. The largest absolute Gasteiger partial charge is 0.372 e. The van der Waals surface area contributed by atoms with Crippen molar-refractivity contribution in [3.8, 4) is 20.9 Å². The predicted molar refractivity (Wildman–Crippen MR) is 212 cm³/mol. The van der Waals surface area contributed by atoms with Crippen LogP contribution in [0.4, 0.5) is 11.4 Å². The molecule has 0 fully saturated rings. The van der Waals surface area contributed by atoms with Crippen molar-refractivity contribution < 1.29 is 4.57 Å². The fourth-order valence-electron chi connectivity index (χ4n) is 7.19. The summed E-state index contributed by atoms with van der Waals surface area (Å²) in [5, 5.41) is 2.88. The van der Waals surface area contributed by atoms with E-state index in [1.165, 1.54) is 53.1 Å². The highest BCUT2D eigenvalue weighted by Gasteiger charge is 2.45. The zero-order valence-electron chi connectivity index (χ0n) is 28.4. The zero-order chi connectivity index (χ0) is 33.4. The Labute approximate surface area is 293 Å². The van der Waals surface area contributed by atoms with Crippen LogP contribution in [0, 0.1) is 6.92 Å². The molecule has 4 aromatic carbocycles. The molecule has 0 amide bonds. The second kappa shape index (κ2) is 13.6. The first-order valence-corrected chi connectivity index (χ1v) is 20.5. The highest BCUT2D eigenvalue weighted by atomic mass is 32.1. The van der Waals surface area contributed by atoms with Gasteiger partial charge in [-0.2, -0.15) is 0 Å². The summed E-state index contributed by atoms with van der Waals surface area (Å²) >= 11 is 3.63. The van der Waals surface area contributed by atoms with Crippen LogP contribution >= 0.6 is 29.8 Å². The van der Waals surface area contributed by atoms with Gasteiger partial charge >= 0.3 is 0 Å². The molecule has 0 unspecified atom stereocenters. The van der Waals surface area contributed by atoms with Crippen LogP contribution in [0.25, 0.3) is 20.9 Å². The van der Waals surface area contributed by atoms with E-state index in [2.05, 4.69) is 141 Å². The van der Waals surface area contributed by atoms with Crippen molar-refractivity contribution in [3.05, 3.63) is 136 Å². The molecule has 2 aromatic heterocycles. The lowest BCUT2D eigenvalue weighted by Gasteiger charge is -2.30. The average molecular weight is 687 g/mol. The third-order valence-electron chi connectivity index (χ3n) is 9.86. The summed E-state index contributed by atoms with van der Waals surface area (Å²) < 4.78 is 16.1. The molecule has 1 aliphatic heterocycles. The first kappa shape index (κ1) is 32.6. The van der Waals surface area contributed by atoms with Gasteiger partial charge in [-0.3, -0.25) is 0 Å². The van der Waals surface area contributed by atoms with E-state index < -0.39 is 7.14 Å². The number of nitrogens with zero attached hydrogens (tertiary/aromatic N) is 2. The van der Waals surface area contributed by atoms with Gasteiger partial charge in [0.15, 0.2) is 7.14 Å². The Morgan fingerprint density at radius 1 is 0.583 bits per heavy atom. The number of thiophene rings is 2. The number of aryl methyl sites for hydroxylation is 1. The van der Waals surface area contributed by atoms with Crippen LogP contribution in [0.2, 0.25) is 0 Å². The quantitative estimate of drug-likeness (QED) is 0.134. The van der Waals surface area contributed by atoms with Crippen LogP contribution in [0.1, 0.15) is 54.5 Å². The van der Waals surface area contributed by atoms with Gasteiger partial charge in [0.1, 0.15) is 0 Å². The molecule has 0 N–H and O–H groups in total. The van der Waals surface area contributed by atoms with Gasteiger partial charge < -0.3 is 14.4 Å². The zero-order valence-corrected chi connectivity index (χ0v) is 31.0. The van der Waals surface area contributed by atoms with Crippen LogP contribution in [0.15, 0.2) is 115 Å². The molecule has 6 heteroatoms. The molecular formula is C42H43N2OPS2. The van der Waals surface area contributed by atoms with Gasteiger partial charge in [-0.15, -0.1) is 22.7 Å². The van der Waals surface area contributed by atoms with Gasteiger partial charge in [0.05, 0.1) is 5.92 Å². The Morgan fingerprint density at radius 2 is 1.02 bits per heavy atom. The van der Waals surface area contributed by atoms with E-state index >= 15 is 4.57 Å². The van der Waals surface area contributed by atoms with Gasteiger partial charge in [0.25, 0.3) is 0 Å². The number of benzene rings is 4. The summed E-state index contributed by atoms with van der Waals surface area (Å²) in [5.41, 5.74) is 7.36. The fraction of sp³-hybridized carbons (Fsp3) is 0.238. The van der Waals surface area contributed by atoms with Gasteiger partial charge in [0.2, 0.25) is 0 Å². The second-order valence-electron chi connectivity index (χ2n) is 12.4. The summed E-state index contributed by atoms with van der Waals surface area (Å²) in [6, 6.07) is 41.3. The van der Waals surface area contributed by atoms with Crippen LogP contribution in [-0.2, 0) is 4.57 Å². The minimum Gasteiger partial charge on any atom is -0.372 e. The van der Waals surface area contributed by atoms with E-state index in [0.29, 0.717) is 0 Å². The highest BCUT2D eigenvalue weighted by Crippen LogP contribution is 2.58. The lowest BCUT2D eigenvalue weighted by molar-refractivity contribution is 0.592. The molecule has 244 valence electrons. The van der Waals surface area contributed by atoms with E-state index in [-0.39, 0.29) is 5.92 Å². The molecule has 6 aromatic rings. The van der Waals surface area contributed by atoms with Gasteiger partial charge in [-0.05, 0) is 93.3 Å². The van der Waals surface area contributed by atoms with E-state index in [1.54, 1.807) is 0 Å². The van der Waals surface area contributed by atoms with Gasteiger partial charge in [-0.1, -0.05) is 78.9 Å². The molecule has 0 atom stereocenters. The molecule has 0 radical (unpaired) electrons. The Bertz CT molecular complexity index is 1970. The Morgan fingerprint density at radius 3 is 1.46 bits per heavy atom. The SMILES string of the molecule is CCN(CC)c1ccc(-c2cc3c(s2)C(c2ccccc2C)c2sc(-c4ccc(N(CC)CC)cc4)cc2P3(=O)c2ccccc2)cc1. The normalized spacial score (nSPS) is 16.7. The lowest BCUT2D eigenvalue weighted by Crippen LogP contribution is -2.33. The molecule has 0 aliphatic carbocycles. The van der Waals surface area contributed by atoms with E-state index in [4.69, 9.17) is 0 Å². The number of fused-ring (bicyclic) bond motifs is 2. The average Bonchev–Trinajstić information content (AvgIpc) is 3.78. The van der Waals surface area contributed by atoms with E-state index in [0.717, 1.165) is 42.1 Å². The Balaban J connectivity index is 1.43. The summed E-state index contributed by atoms with van der Waals surface area (Å²) in [5.74, 6) is 0.0179. The first-order valence-electron chi connectivity index (χ1n) is 17.1. The minimum atomic E-state index is -3.18. The molecule has 0 spiro atoms. The lowest BCUT2D eigenvalue weighted by atomic mass is 9.91. The standard InChI is InChI=1S/C42H43N2OPS2/c1-6-43(7-2)32-23-19-30(20-24-32)38-27-36-41(47-38)40(35-18-14-13-15-29(35)5)42-37(46(36,45)34-16-11-10-12-17-34)28-39(48-42)31-21-25-33(26-22-31)44(8-3)9-4/h10-28,40H,6-9H2,1-5H3. The smallest absolute Gasteiger partial charge is 0.173 e. The minimum absolute atomic E-state index is 0.0179. The highest BCUT2D eigenvalue weighted by molar-refractivity contribution is 7.86. The predicted octanol–water partition coefficient (Wildman–Crippen LogP) is 10.3. The van der Waals surface area contributed by atoms with Crippen molar-refractivity contribution in [1.29, 1.82) is 0 Å². The van der Waals surface area contributed by atoms with E-state index in [9.17, 15) is 0 Å². The van der Waals surface area contributed by atoms with Crippen molar-refractivity contribution >= 4 is 57.1 Å². The summed E-state index contributed by atoms with van der Waals surface area (Å²) in [6.45, 7) is 14.9. The van der Waals surface area contributed by atoms with Crippen molar-refractivity contribution in [2.45, 2.75) is 40.5 Å². The summed E-state index contributed by atoms with van der Waals surface area (Å²) in [6.07, 6.45) is 0. The third-order valence-corrected chi connectivity index (χ3v) is 15.8. The Kier molecular flexibility index (Phi) is 9.22. The topological polar surface area (TPSA) is 23.6 Å². The van der Waals surface area contributed by atoms with Gasteiger partial charge in [-0.25, -0.2) is 0 Å². The summed E-state index contributed by atoms with van der Waals surface area (Å²) in [7, 11) is -3.18. The number of hydrogen-bond donors (Lipinski definition) is 0. The number of hydrogen-bond acceptors (Lipinski definition) is 5. The van der Waals surface area contributed by atoms with Gasteiger partial charge in [0, 0.05) is 73.0 Å². The molecule has 1 aliphatic rings. The maximum Gasteiger partial charge on any atom is 0.173 e. The molecule has 48 heavy (non-hydrogen) atoms. The third kappa shape index (κ3) is 5.56. The summed E-state index contributed by atoms with van der Waals surface area (Å²) in [4.78, 5) is 9.49. The second-order valence-corrected chi connectivity index (χ2v) is 17.3. The molecule has 0 saturated carbocycles. The first-order chi connectivity index (χ1) is 23.4. The molecule has 3 nitrogen and oxygen atoms in total. The van der Waals surface area contributed by atoms with E-state index in [1.807, 2.05) is 40.9 Å². The van der Waals surface area contributed by atoms with Crippen LogP contribution in [0.3, 0.4) is 0 Å². The van der Waals surface area contributed by atoms with Crippen molar-refractivity contribution in [2.75, 3.05) is 36.0 Å². The Hall–Kier alpha value is -3.89. The molecule has 7 rings (SSSR count). The van der Waals surface area contributed by atoms with Crippen LogP contribution in [0.5, 0.6) is 0 Å². The molecule has 0 bridgehead atoms. The fourth-order valence-corrected chi connectivity index (χ4v) is 13.8. The molecule has 0 saturated heterocycles. The maximum atomic E-state index is 16.1.